The van der Waals surface area contributed by atoms with Gasteiger partial charge in [-0.05, 0) is 26.0 Å². The van der Waals surface area contributed by atoms with Gasteiger partial charge in [-0.25, -0.2) is 8.78 Å². The van der Waals surface area contributed by atoms with Crippen LogP contribution >= 0.6 is 0 Å². The number of nitrogens with two attached hydrogens (primary N) is 1. The van der Waals surface area contributed by atoms with Crippen molar-refractivity contribution in [1.29, 1.82) is 0 Å². The Morgan fingerprint density at radius 2 is 2.11 bits per heavy atom. The highest BCUT2D eigenvalue weighted by molar-refractivity contribution is 5.53. The fourth-order valence-electron chi connectivity index (χ4n) is 1.29. The normalized spacial score (nSPS) is 11.1. The molecule has 0 atom stereocenters. The minimum Gasteiger partial charge on any atom is -0.473 e. The molecule has 0 saturated carbocycles. The number of ether oxygens (including phenoxy) is 2. The van der Waals surface area contributed by atoms with Crippen LogP contribution in [0.4, 0.5) is 20.3 Å². The van der Waals surface area contributed by atoms with Crippen molar-refractivity contribution in [2.75, 3.05) is 30.8 Å². The van der Waals surface area contributed by atoms with Crippen molar-refractivity contribution in [2.24, 2.45) is 0 Å². The number of pyridine rings is 1. The molecule has 1 rings (SSSR count). The predicted molar refractivity (Wildman–Crippen MR) is 69.7 cm³/mol. The molecule has 3 N–H and O–H groups in total. The maximum Gasteiger partial charge on any atom is 0.261 e. The monoisotopic (exact) mass is 275 g/mol. The van der Waals surface area contributed by atoms with Crippen LogP contribution in [0.1, 0.15) is 13.8 Å². The first-order chi connectivity index (χ1) is 8.99. The van der Waals surface area contributed by atoms with Crippen molar-refractivity contribution in [3.05, 3.63) is 12.1 Å². The van der Waals surface area contributed by atoms with E-state index in [0.29, 0.717) is 23.9 Å². The molecular formula is C12H19F2N3O2. The summed E-state index contributed by atoms with van der Waals surface area (Å²) in [4.78, 5) is 4.18. The van der Waals surface area contributed by atoms with Crippen LogP contribution in [0.3, 0.4) is 0 Å². The highest BCUT2D eigenvalue weighted by atomic mass is 19.3. The van der Waals surface area contributed by atoms with Crippen molar-refractivity contribution in [3.63, 3.8) is 0 Å². The highest BCUT2D eigenvalue weighted by Gasteiger charge is 2.06. The van der Waals surface area contributed by atoms with Gasteiger partial charge in [-0.1, -0.05) is 0 Å². The number of nitrogens with one attached hydrogen (secondary N) is 1. The first kappa shape index (κ1) is 15.4. The number of halogens is 2. The summed E-state index contributed by atoms with van der Waals surface area (Å²) in [6.45, 7) is 3.75. The zero-order valence-corrected chi connectivity index (χ0v) is 11.0. The first-order valence-corrected chi connectivity index (χ1v) is 6.02. The third-order valence-electron chi connectivity index (χ3n) is 2.03. The fraction of sp³-hybridized carbons (Fsp3) is 0.583. The van der Waals surface area contributed by atoms with Gasteiger partial charge in [0.25, 0.3) is 6.43 Å². The average Bonchev–Trinajstić information content (AvgIpc) is 2.31. The van der Waals surface area contributed by atoms with Gasteiger partial charge in [0.15, 0.2) is 0 Å². The molecule has 1 aromatic heterocycles. The summed E-state index contributed by atoms with van der Waals surface area (Å²) in [5.74, 6) is 0.916. The Morgan fingerprint density at radius 1 is 1.37 bits per heavy atom. The highest BCUT2D eigenvalue weighted by Crippen LogP contribution is 2.21. The molecule has 0 radical (unpaired) electrons. The van der Waals surface area contributed by atoms with Gasteiger partial charge in [0.1, 0.15) is 12.4 Å². The van der Waals surface area contributed by atoms with Gasteiger partial charge in [-0.2, -0.15) is 4.98 Å². The molecule has 0 unspecified atom stereocenters. The first-order valence-electron chi connectivity index (χ1n) is 6.02. The van der Waals surface area contributed by atoms with E-state index >= 15 is 0 Å². The third kappa shape index (κ3) is 6.19. The van der Waals surface area contributed by atoms with Crippen LogP contribution in [-0.2, 0) is 4.74 Å². The average molecular weight is 275 g/mol. The maximum atomic E-state index is 11.8. The van der Waals surface area contributed by atoms with E-state index in [1.807, 2.05) is 13.8 Å². The minimum absolute atomic E-state index is 0.0283. The van der Waals surface area contributed by atoms with Crippen LogP contribution in [0.25, 0.3) is 0 Å². The maximum absolute atomic E-state index is 11.8. The number of alkyl halides is 2. The van der Waals surface area contributed by atoms with Gasteiger partial charge >= 0.3 is 0 Å². The molecule has 19 heavy (non-hydrogen) atoms. The van der Waals surface area contributed by atoms with Crippen LogP contribution in [0.15, 0.2) is 12.1 Å². The van der Waals surface area contributed by atoms with Crippen LogP contribution in [-0.4, -0.2) is 37.3 Å². The standard InChI is InChI=1S/C12H19F2N3O2/c1-8(2)19-12-9(15)3-4-11(17-12)16-5-6-18-7-10(13)14/h3-4,8,10H,5-7,15H2,1-2H3,(H,16,17). The van der Waals surface area contributed by atoms with E-state index in [0.717, 1.165) is 0 Å². The summed E-state index contributed by atoms with van der Waals surface area (Å²) in [7, 11) is 0. The van der Waals surface area contributed by atoms with Crippen molar-refractivity contribution in [2.45, 2.75) is 26.4 Å². The quantitative estimate of drug-likeness (QED) is 0.711. The number of hydrogen-bond donors (Lipinski definition) is 2. The number of hydrogen-bond acceptors (Lipinski definition) is 5. The lowest BCUT2D eigenvalue weighted by Gasteiger charge is -2.13. The van der Waals surface area contributed by atoms with Crippen LogP contribution in [0.5, 0.6) is 5.88 Å². The molecule has 0 saturated heterocycles. The lowest BCUT2D eigenvalue weighted by Crippen LogP contribution is -2.14. The minimum atomic E-state index is -2.44. The van der Waals surface area contributed by atoms with E-state index < -0.39 is 13.0 Å². The Kier molecular flexibility index (Phi) is 6.27. The van der Waals surface area contributed by atoms with E-state index in [9.17, 15) is 8.78 Å². The molecule has 0 amide bonds. The summed E-state index contributed by atoms with van der Waals surface area (Å²) in [5, 5.41) is 2.94. The van der Waals surface area contributed by atoms with E-state index in [-0.39, 0.29) is 12.7 Å². The molecule has 108 valence electrons. The van der Waals surface area contributed by atoms with E-state index in [2.05, 4.69) is 10.3 Å². The Morgan fingerprint density at radius 3 is 2.74 bits per heavy atom. The Bertz CT molecular complexity index is 389. The second-order valence-corrected chi connectivity index (χ2v) is 4.15. The molecule has 0 aliphatic rings. The van der Waals surface area contributed by atoms with Crippen molar-refractivity contribution >= 4 is 11.5 Å². The molecular weight excluding hydrogens is 256 g/mol. The molecule has 5 nitrogen and oxygen atoms in total. The molecule has 0 bridgehead atoms. The van der Waals surface area contributed by atoms with Gasteiger partial charge in [-0.15, -0.1) is 0 Å². The molecule has 0 aromatic carbocycles. The lowest BCUT2D eigenvalue weighted by atomic mass is 10.4. The Hall–Kier alpha value is -1.63. The smallest absolute Gasteiger partial charge is 0.261 e. The molecule has 0 aliphatic heterocycles. The summed E-state index contributed by atoms with van der Waals surface area (Å²) in [5.41, 5.74) is 6.18. The number of nitrogen functional groups attached to an aromatic ring is 1. The summed E-state index contributed by atoms with van der Waals surface area (Å²) in [6.07, 6.45) is -2.47. The zero-order chi connectivity index (χ0) is 14.3. The van der Waals surface area contributed by atoms with Gasteiger partial charge in [0.2, 0.25) is 5.88 Å². The number of nitrogens with zero attached hydrogens (tertiary/aromatic N) is 1. The zero-order valence-electron chi connectivity index (χ0n) is 11.0. The van der Waals surface area contributed by atoms with Crippen molar-refractivity contribution < 1.29 is 18.3 Å². The van der Waals surface area contributed by atoms with E-state index in [1.165, 1.54) is 0 Å². The van der Waals surface area contributed by atoms with Gasteiger partial charge in [0.05, 0.1) is 18.4 Å². The molecule has 7 heteroatoms. The summed E-state index contributed by atoms with van der Waals surface area (Å²) >= 11 is 0. The van der Waals surface area contributed by atoms with Crippen molar-refractivity contribution in [3.8, 4) is 5.88 Å². The largest absolute Gasteiger partial charge is 0.473 e. The van der Waals surface area contributed by atoms with Crippen LogP contribution < -0.4 is 15.8 Å². The van der Waals surface area contributed by atoms with Crippen LogP contribution in [0, 0.1) is 0 Å². The third-order valence-corrected chi connectivity index (χ3v) is 2.03. The van der Waals surface area contributed by atoms with Crippen molar-refractivity contribution in [1.82, 2.24) is 4.98 Å². The number of anilines is 2. The molecule has 1 aromatic rings. The molecule has 0 fully saturated rings. The number of aromatic nitrogens is 1. The summed E-state index contributed by atoms with van der Waals surface area (Å²) < 4.78 is 33.8. The van der Waals surface area contributed by atoms with Gasteiger partial charge in [0, 0.05) is 6.54 Å². The molecule has 0 spiro atoms. The number of rotatable bonds is 8. The Labute approximate surface area is 111 Å². The van der Waals surface area contributed by atoms with Gasteiger partial charge < -0.3 is 20.5 Å². The predicted octanol–water partition coefficient (Wildman–Crippen LogP) is 2.14. The van der Waals surface area contributed by atoms with Crippen LogP contribution in [0.2, 0.25) is 0 Å². The van der Waals surface area contributed by atoms with E-state index in [4.69, 9.17) is 15.2 Å². The fourth-order valence-corrected chi connectivity index (χ4v) is 1.29. The second-order valence-electron chi connectivity index (χ2n) is 4.15. The second kappa shape index (κ2) is 7.73. The molecule has 1 heterocycles. The lowest BCUT2D eigenvalue weighted by molar-refractivity contribution is 0.0215. The Balaban J connectivity index is 2.41. The van der Waals surface area contributed by atoms with Gasteiger partial charge in [-0.3, -0.25) is 0 Å². The molecule has 0 aliphatic carbocycles. The van der Waals surface area contributed by atoms with E-state index in [1.54, 1.807) is 12.1 Å². The SMILES string of the molecule is CC(C)Oc1nc(NCCOCC(F)F)ccc1N. The topological polar surface area (TPSA) is 69.4 Å². The summed E-state index contributed by atoms with van der Waals surface area (Å²) in [6, 6.07) is 3.36.